The number of carbonyl (C=O) groups is 1. The minimum absolute atomic E-state index is 0.0733. The van der Waals surface area contributed by atoms with Crippen molar-refractivity contribution in [1.82, 2.24) is 10.2 Å². The summed E-state index contributed by atoms with van der Waals surface area (Å²) in [6.45, 7) is 5.01. The summed E-state index contributed by atoms with van der Waals surface area (Å²) in [4.78, 5) is 14.6. The zero-order valence-corrected chi connectivity index (χ0v) is 13.4. The Labute approximate surface area is 137 Å². The summed E-state index contributed by atoms with van der Waals surface area (Å²) in [5.41, 5.74) is 1.80. The molecule has 1 heterocycles. The van der Waals surface area contributed by atoms with E-state index in [-0.39, 0.29) is 11.9 Å². The molecule has 1 atom stereocenters. The van der Waals surface area contributed by atoms with Gasteiger partial charge in [-0.1, -0.05) is 36.4 Å². The Bertz CT molecular complexity index is 657. The molecule has 1 amide bonds. The van der Waals surface area contributed by atoms with E-state index in [0.29, 0.717) is 12.2 Å². The van der Waals surface area contributed by atoms with Crippen molar-refractivity contribution in [3.8, 4) is 5.75 Å². The van der Waals surface area contributed by atoms with E-state index in [0.717, 1.165) is 30.9 Å². The zero-order valence-electron chi connectivity index (χ0n) is 13.4. The highest BCUT2D eigenvalue weighted by atomic mass is 16.5. The lowest BCUT2D eigenvalue weighted by atomic mass is 10.1. The molecule has 4 heteroatoms. The van der Waals surface area contributed by atoms with E-state index in [1.807, 2.05) is 59.5 Å². The highest BCUT2D eigenvalue weighted by Crippen LogP contribution is 2.18. The van der Waals surface area contributed by atoms with Gasteiger partial charge in [-0.05, 0) is 30.7 Å². The van der Waals surface area contributed by atoms with E-state index in [4.69, 9.17) is 4.74 Å². The second-order valence-corrected chi connectivity index (χ2v) is 5.85. The number of amides is 1. The van der Waals surface area contributed by atoms with E-state index in [2.05, 4.69) is 12.2 Å². The fraction of sp³-hybridized carbons (Fsp3) is 0.316. The van der Waals surface area contributed by atoms with Gasteiger partial charge in [-0.3, -0.25) is 4.79 Å². The highest BCUT2D eigenvalue weighted by Gasteiger charge is 2.24. The van der Waals surface area contributed by atoms with Crippen LogP contribution in [-0.2, 0) is 6.61 Å². The van der Waals surface area contributed by atoms with Crippen molar-refractivity contribution in [1.29, 1.82) is 0 Å². The quantitative estimate of drug-likeness (QED) is 0.944. The fourth-order valence-corrected chi connectivity index (χ4v) is 2.77. The van der Waals surface area contributed by atoms with Crippen molar-refractivity contribution in [2.24, 2.45) is 0 Å². The summed E-state index contributed by atoms with van der Waals surface area (Å²) in [7, 11) is 0. The molecule has 0 radical (unpaired) electrons. The van der Waals surface area contributed by atoms with Crippen LogP contribution < -0.4 is 10.1 Å². The van der Waals surface area contributed by atoms with Crippen LogP contribution in [0.15, 0.2) is 54.6 Å². The molecule has 0 saturated carbocycles. The van der Waals surface area contributed by atoms with Crippen LogP contribution in [0.3, 0.4) is 0 Å². The van der Waals surface area contributed by atoms with E-state index in [1.165, 1.54) is 0 Å². The lowest BCUT2D eigenvalue weighted by Crippen LogP contribution is -2.52. The fourth-order valence-electron chi connectivity index (χ4n) is 2.77. The molecule has 2 aromatic carbocycles. The Hall–Kier alpha value is -2.33. The molecule has 0 unspecified atom stereocenters. The standard InChI is InChI=1S/C19H22N2O2/c1-15-13-20-10-11-21(15)19(22)17-8-5-9-18(12-17)23-14-16-6-3-2-4-7-16/h2-9,12,15,20H,10-11,13-14H2,1H3/t15-/m1/s1. The minimum Gasteiger partial charge on any atom is -0.489 e. The van der Waals surface area contributed by atoms with E-state index in [1.54, 1.807) is 0 Å². The molecule has 2 aromatic rings. The molecule has 1 aliphatic rings. The third-order valence-corrected chi connectivity index (χ3v) is 4.09. The summed E-state index contributed by atoms with van der Waals surface area (Å²) in [6, 6.07) is 17.7. The first-order chi connectivity index (χ1) is 11.2. The number of benzene rings is 2. The maximum absolute atomic E-state index is 12.7. The van der Waals surface area contributed by atoms with Gasteiger partial charge >= 0.3 is 0 Å². The summed E-state index contributed by atoms with van der Waals surface area (Å²) in [5, 5.41) is 3.30. The zero-order chi connectivity index (χ0) is 16.1. The van der Waals surface area contributed by atoms with Crippen LogP contribution in [0.5, 0.6) is 5.75 Å². The molecule has 1 N–H and O–H groups in total. The maximum Gasteiger partial charge on any atom is 0.254 e. The number of hydrogen-bond donors (Lipinski definition) is 1. The van der Waals surface area contributed by atoms with Crippen LogP contribution in [0.25, 0.3) is 0 Å². The Morgan fingerprint density at radius 2 is 2.04 bits per heavy atom. The first-order valence-corrected chi connectivity index (χ1v) is 8.02. The van der Waals surface area contributed by atoms with Crippen LogP contribution >= 0.6 is 0 Å². The maximum atomic E-state index is 12.7. The number of carbonyl (C=O) groups excluding carboxylic acids is 1. The van der Waals surface area contributed by atoms with Gasteiger partial charge in [0, 0.05) is 31.2 Å². The number of piperazine rings is 1. The second-order valence-electron chi connectivity index (χ2n) is 5.85. The topological polar surface area (TPSA) is 41.6 Å². The lowest BCUT2D eigenvalue weighted by molar-refractivity contribution is 0.0655. The predicted octanol–water partition coefficient (Wildman–Crippen LogP) is 2.70. The highest BCUT2D eigenvalue weighted by molar-refractivity contribution is 5.94. The van der Waals surface area contributed by atoms with Crippen LogP contribution in [0.1, 0.15) is 22.8 Å². The Balaban J connectivity index is 1.68. The van der Waals surface area contributed by atoms with Crippen molar-refractivity contribution in [3.05, 3.63) is 65.7 Å². The summed E-state index contributed by atoms with van der Waals surface area (Å²) in [5.74, 6) is 0.798. The molecule has 1 aliphatic heterocycles. The molecule has 120 valence electrons. The van der Waals surface area contributed by atoms with Gasteiger partial charge in [0.25, 0.3) is 5.91 Å². The summed E-state index contributed by atoms with van der Waals surface area (Å²) in [6.07, 6.45) is 0. The van der Waals surface area contributed by atoms with Gasteiger partial charge < -0.3 is 15.0 Å². The number of rotatable bonds is 4. The van der Waals surface area contributed by atoms with Crippen molar-refractivity contribution < 1.29 is 9.53 Å². The number of nitrogens with zero attached hydrogens (tertiary/aromatic N) is 1. The molecule has 1 fully saturated rings. The van der Waals surface area contributed by atoms with E-state index in [9.17, 15) is 4.79 Å². The first-order valence-electron chi connectivity index (χ1n) is 8.02. The molecule has 1 saturated heterocycles. The van der Waals surface area contributed by atoms with Crippen LogP contribution in [-0.4, -0.2) is 36.5 Å². The SMILES string of the molecule is C[C@@H]1CNCCN1C(=O)c1cccc(OCc2ccccc2)c1. The Morgan fingerprint density at radius 3 is 2.83 bits per heavy atom. The molecule has 0 bridgehead atoms. The second kappa shape index (κ2) is 7.29. The largest absolute Gasteiger partial charge is 0.489 e. The molecular formula is C19H22N2O2. The number of hydrogen-bond acceptors (Lipinski definition) is 3. The van der Waals surface area contributed by atoms with Crippen LogP contribution in [0, 0.1) is 0 Å². The van der Waals surface area contributed by atoms with E-state index < -0.39 is 0 Å². The summed E-state index contributed by atoms with van der Waals surface area (Å²) < 4.78 is 5.81. The molecule has 23 heavy (non-hydrogen) atoms. The van der Waals surface area contributed by atoms with Gasteiger partial charge in [-0.15, -0.1) is 0 Å². The monoisotopic (exact) mass is 310 g/mol. The Morgan fingerprint density at radius 1 is 1.22 bits per heavy atom. The first kappa shape index (κ1) is 15.6. The molecule has 4 nitrogen and oxygen atoms in total. The number of nitrogens with one attached hydrogen (secondary N) is 1. The minimum atomic E-state index is 0.0733. The van der Waals surface area contributed by atoms with Crippen LogP contribution in [0.4, 0.5) is 0 Å². The normalized spacial score (nSPS) is 17.8. The van der Waals surface area contributed by atoms with Gasteiger partial charge in [0.15, 0.2) is 0 Å². The van der Waals surface area contributed by atoms with Gasteiger partial charge in [0.1, 0.15) is 12.4 Å². The molecule has 0 aromatic heterocycles. The summed E-state index contributed by atoms with van der Waals surface area (Å²) >= 11 is 0. The molecule has 0 aliphatic carbocycles. The average molecular weight is 310 g/mol. The van der Waals surface area contributed by atoms with Gasteiger partial charge in [-0.25, -0.2) is 0 Å². The van der Waals surface area contributed by atoms with Gasteiger partial charge in [0.2, 0.25) is 0 Å². The van der Waals surface area contributed by atoms with Crippen molar-refractivity contribution >= 4 is 5.91 Å². The van der Waals surface area contributed by atoms with Gasteiger partial charge in [0.05, 0.1) is 0 Å². The van der Waals surface area contributed by atoms with Crippen molar-refractivity contribution in [2.45, 2.75) is 19.6 Å². The molecular weight excluding hydrogens is 288 g/mol. The van der Waals surface area contributed by atoms with Gasteiger partial charge in [-0.2, -0.15) is 0 Å². The lowest BCUT2D eigenvalue weighted by Gasteiger charge is -2.34. The van der Waals surface area contributed by atoms with Crippen LogP contribution in [0.2, 0.25) is 0 Å². The van der Waals surface area contributed by atoms with Crippen molar-refractivity contribution in [3.63, 3.8) is 0 Å². The molecule has 0 spiro atoms. The average Bonchev–Trinajstić information content (AvgIpc) is 2.61. The third kappa shape index (κ3) is 3.90. The molecule has 3 rings (SSSR count). The smallest absolute Gasteiger partial charge is 0.254 e. The van der Waals surface area contributed by atoms with E-state index >= 15 is 0 Å². The Kier molecular flexibility index (Phi) is 4.93. The van der Waals surface area contributed by atoms with Crippen molar-refractivity contribution in [2.75, 3.05) is 19.6 Å². The third-order valence-electron chi connectivity index (χ3n) is 4.09. The predicted molar refractivity (Wildman–Crippen MR) is 90.6 cm³/mol. The number of ether oxygens (including phenoxy) is 1.